The van der Waals surface area contributed by atoms with Gasteiger partial charge >= 0.3 is 0 Å². The Morgan fingerprint density at radius 3 is 2.25 bits per heavy atom. The van der Waals surface area contributed by atoms with Crippen LogP contribution in [0.2, 0.25) is 0 Å². The summed E-state index contributed by atoms with van der Waals surface area (Å²) in [7, 11) is 0. The van der Waals surface area contributed by atoms with Gasteiger partial charge < -0.3 is 10.1 Å². The molecular formula is C20H19FN2O. The average molecular weight is 322 g/mol. The Labute approximate surface area is 141 Å². The van der Waals surface area contributed by atoms with E-state index in [0.717, 1.165) is 24.4 Å². The van der Waals surface area contributed by atoms with Gasteiger partial charge in [0.25, 0.3) is 0 Å². The van der Waals surface area contributed by atoms with Crippen LogP contribution in [0.3, 0.4) is 0 Å². The fourth-order valence-corrected chi connectivity index (χ4v) is 2.35. The lowest BCUT2D eigenvalue weighted by Gasteiger charge is -2.08. The topological polar surface area (TPSA) is 34.1 Å². The van der Waals surface area contributed by atoms with E-state index >= 15 is 0 Å². The zero-order chi connectivity index (χ0) is 16.6. The highest BCUT2D eigenvalue weighted by Crippen LogP contribution is 2.15. The van der Waals surface area contributed by atoms with Crippen LogP contribution in [0.1, 0.15) is 16.7 Å². The van der Waals surface area contributed by atoms with Gasteiger partial charge in [0.1, 0.15) is 18.2 Å². The monoisotopic (exact) mass is 322 g/mol. The van der Waals surface area contributed by atoms with Gasteiger partial charge in [-0.15, -0.1) is 0 Å². The van der Waals surface area contributed by atoms with Gasteiger partial charge in [0.2, 0.25) is 0 Å². The van der Waals surface area contributed by atoms with Crippen molar-refractivity contribution in [1.82, 2.24) is 10.3 Å². The van der Waals surface area contributed by atoms with E-state index in [4.69, 9.17) is 4.74 Å². The minimum atomic E-state index is -0.244. The van der Waals surface area contributed by atoms with Gasteiger partial charge in [0.15, 0.2) is 0 Å². The van der Waals surface area contributed by atoms with Crippen molar-refractivity contribution in [1.29, 1.82) is 0 Å². The maximum Gasteiger partial charge on any atom is 0.123 e. The number of hydrogen-bond acceptors (Lipinski definition) is 3. The summed E-state index contributed by atoms with van der Waals surface area (Å²) in [4.78, 5) is 4.00. The number of hydrogen-bond donors (Lipinski definition) is 1. The molecule has 0 radical (unpaired) electrons. The minimum absolute atomic E-state index is 0.244. The molecule has 1 heterocycles. The van der Waals surface area contributed by atoms with Crippen LogP contribution >= 0.6 is 0 Å². The summed E-state index contributed by atoms with van der Waals surface area (Å²) in [6.45, 7) is 1.95. The normalized spacial score (nSPS) is 10.5. The molecule has 3 aromatic rings. The van der Waals surface area contributed by atoms with E-state index in [0.29, 0.717) is 6.61 Å². The zero-order valence-electron chi connectivity index (χ0n) is 13.3. The Bertz CT molecular complexity index is 760. The predicted molar refractivity (Wildman–Crippen MR) is 92.0 cm³/mol. The average Bonchev–Trinajstić information content (AvgIpc) is 2.62. The third-order valence-electron chi connectivity index (χ3n) is 3.63. The second-order valence-corrected chi connectivity index (χ2v) is 5.52. The number of aromatic nitrogens is 1. The molecular weight excluding hydrogens is 303 g/mol. The second-order valence-electron chi connectivity index (χ2n) is 5.52. The summed E-state index contributed by atoms with van der Waals surface area (Å²) in [5.41, 5.74) is 3.21. The minimum Gasteiger partial charge on any atom is -0.489 e. The standard InChI is InChI=1S/C20H19FN2O/c21-19-3-1-2-18(12-19)15-24-20-6-4-16(5-7-20)13-23-14-17-8-10-22-11-9-17/h1-12,23H,13-15H2. The maximum atomic E-state index is 13.1. The SMILES string of the molecule is Fc1cccc(COc2ccc(CNCc3ccncc3)cc2)c1. The Kier molecular flexibility index (Phi) is 5.53. The van der Waals surface area contributed by atoms with Crippen molar-refractivity contribution in [2.24, 2.45) is 0 Å². The van der Waals surface area contributed by atoms with Gasteiger partial charge in [0, 0.05) is 25.5 Å². The molecule has 0 aliphatic heterocycles. The van der Waals surface area contributed by atoms with Crippen molar-refractivity contribution in [3.63, 3.8) is 0 Å². The number of nitrogens with one attached hydrogen (secondary N) is 1. The van der Waals surface area contributed by atoms with Gasteiger partial charge in [-0.2, -0.15) is 0 Å². The molecule has 0 aliphatic carbocycles. The van der Waals surface area contributed by atoms with E-state index in [1.54, 1.807) is 18.5 Å². The third-order valence-corrected chi connectivity index (χ3v) is 3.63. The first-order valence-corrected chi connectivity index (χ1v) is 7.85. The highest BCUT2D eigenvalue weighted by Gasteiger charge is 1.99. The van der Waals surface area contributed by atoms with E-state index in [1.165, 1.54) is 23.3 Å². The molecule has 0 atom stereocenters. The van der Waals surface area contributed by atoms with Crippen LogP contribution in [-0.2, 0) is 19.7 Å². The molecule has 24 heavy (non-hydrogen) atoms. The fourth-order valence-electron chi connectivity index (χ4n) is 2.35. The largest absolute Gasteiger partial charge is 0.489 e. The number of rotatable bonds is 7. The molecule has 4 heteroatoms. The molecule has 0 amide bonds. The Morgan fingerprint density at radius 1 is 0.833 bits per heavy atom. The molecule has 0 fully saturated rings. The lowest BCUT2D eigenvalue weighted by Crippen LogP contribution is -2.12. The van der Waals surface area contributed by atoms with Crippen LogP contribution in [0.25, 0.3) is 0 Å². The van der Waals surface area contributed by atoms with E-state index < -0.39 is 0 Å². The first kappa shape index (κ1) is 16.1. The van der Waals surface area contributed by atoms with Crippen LogP contribution < -0.4 is 10.1 Å². The molecule has 3 nitrogen and oxygen atoms in total. The van der Waals surface area contributed by atoms with Gasteiger partial charge in [-0.05, 0) is 53.1 Å². The summed E-state index contributed by atoms with van der Waals surface area (Å²) in [6.07, 6.45) is 3.59. The van der Waals surface area contributed by atoms with Crippen molar-refractivity contribution >= 4 is 0 Å². The molecule has 3 rings (SSSR count). The van der Waals surface area contributed by atoms with Crippen molar-refractivity contribution in [2.75, 3.05) is 0 Å². The zero-order valence-corrected chi connectivity index (χ0v) is 13.3. The number of nitrogens with zero attached hydrogens (tertiary/aromatic N) is 1. The van der Waals surface area contributed by atoms with Gasteiger partial charge in [-0.25, -0.2) is 4.39 Å². The molecule has 0 spiro atoms. The molecule has 1 aromatic heterocycles. The van der Waals surface area contributed by atoms with Crippen molar-refractivity contribution in [2.45, 2.75) is 19.7 Å². The van der Waals surface area contributed by atoms with E-state index in [-0.39, 0.29) is 5.82 Å². The Balaban J connectivity index is 1.46. The summed E-state index contributed by atoms with van der Waals surface area (Å²) < 4.78 is 18.8. The van der Waals surface area contributed by atoms with Crippen LogP contribution in [0, 0.1) is 5.82 Å². The second kappa shape index (κ2) is 8.22. The number of halogens is 1. The van der Waals surface area contributed by atoms with E-state index in [9.17, 15) is 4.39 Å². The molecule has 2 aromatic carbocycles. The number of ether oxygens (including phenoxy) is 1. The van der Waals surface area contributed by atoms with Gasteiger partial charge in [-0.1, -0.05) is 24.3 Å². The van der Waals surface area contributed by atoms with Crippen LogP contribution in [0.15, 0.2) is 73.1 Å². The summed E-state index contributed by atoms with van der Waals surface area (Å²) in [5.74, 6) is 0.531. The molecule has 0 bridgehead atoms. The van der Waals surface area contributed by atoms with Crippen LogP contribution in [0.5, 0.6) is 5.75 Å². The first-order valence-electron chi connectivity index (χ1n) is 7.85. The molecule has 0 unspecified atom stereocenters. The van der Waals surface area contributed by atoms with Crippen LogP contribution in [-0.4, -0.2) is 4.98 Å². The van der Waals surface area contributed by atoms with E-state index in [1.807, 2.05) is 42.5 Å². The fraction of sp³-hybridized carbons (Fsp3) is 0.150. The quantitative estimate of drug-likeness (QED) is 0.711. The third kappa shape index (κ3) is 4.89. The molecule has 0 saturated heterocycles. The first-order chi connectivity index (χ1) is 11.8. The highest BCUT2D eigenvalue weighted by molar-refractivity contribution is 5.28. The highest BCUT2D eigenvalue weighted by atomic mass is 19.1. The summed E-state index contributed by atoms with van der Waals surface area (Å²) >= 11 is 0. The molecule has 0 aliphatic rings. The molecule has 122 valence electrons. The Morgan fingerprint density at radius 2 is 1.54 bits per heavy atom. The molecule has 0 saturated carbocycles. The van der Waals surface area contributed by atoms with Crippen LogP contribution in [0.4, 0.5) is 4.39 Å². The Hall–Kier alpha value is -2.72. The maximum absolute atomic E-state index is 13.1. The summed E-state index contributed by atoms with van der Waals surface area (Å²) in [5, 5.41) is 3.39. The lowest BCUT2D eigenvalue weighted by atomic mass is 10.2. The van der Waals surface area contributed by atoms with E-state index in [2.05, 4.69) is 10.3 Å². The lowest BCUT2D eigenvalue weighted by molar-refractivity contribution is 0.305. The number of benzene rings is 2. The predicted octanol–water partition coefficient (Wildman–Crippen LogP) is 4.09. The number of pyridine rings is 1. The molecule has 1 N–H and O–H groups in total. The smallest absolute Gasteiger partial charge is 0.123 e. The summed E-state index contributed by atoms with van der Waals surface area (Å²) in [6, 6.07) is 18.4. The van der Waals surface area contributed by atoms with Gasteiger partial charge in [0.05, 0.1) is 0 Å². The van der Waals surface area contributed by atoms with Crippen molar-refractivity contribution < 1.29 is 9.13 Å². The van der Waals surface area contributed by atoms with Crippen molar-refractivity contribution in [3.8, 4) is 5.75 Å². The van der Waals surface area contributed by atoms with Gasteiger partial charge in [-0.3, -0.25) is 4.98 Å². The van der Waals surface area contributed by atoms with Crippen molar-refractivity contribution in [3.05, 3.63) is 95.6 Å².